The molecule has 0 aliphatic carbocycles. The summed E-state index contributed by atoms with van der Waals surface area (Å²) >= 11 is 0. The average Bonchev–Trinajstić information content (AvgIpc) is 3.02. The fourth-order valence-corrected chi connectivity index (χ4v) is 4.38. The number of hydrogen-bond acceptors (Lipinski definition) is 7. The summed E-state index contributed by atoms with van der Waals surface area (Å²) in [5.74, 6) is 1.58. The SMILES string of the molecule is CN(C)c1cc(NC2CCN(S(=O)(=O)c3nccn3C)CC2)ncn1. The maximum Gasteiger partial charge on any atom is 0.277 e. The number of nitrogens with zero attached hydrogens (tertiary/aromatic N) is 6. The summed E-state index contributed by atoms with van der Waals surface area (Å²) in [7, 11) is 2.00. The lowest BCUT2D eigenvalue weighted by atomic mass is 10.1. The molecular weight excluding hydrogens is 342 g/mol. The highest BCUT2D eigenvalue weighted by Crippen LogP contribution is 2.22. The molecule has 3 heterocycles. The molecule has 1 saturated heterocycles. The van der Waals surface area contributed by atoms with Crippen LogP contribution in [0, 0.1) is 0 Å². The van der Waals surface area contributed by atoms with Gasteiger partial charge in [0.1, 0.15) is 18.0 Å². The number of aryl methyl sites for hydroxylation is 1. The van der Waals surface area contributed by atoms with E-state index >= 15 is 0 Å². The first-order valence-electron chi connectivity index (χ1n) is 8.11. The van der Waals surface area contributed by atoms with E-state index in [-0.39, 0.29) is 11.2 Å². The highest BCUT2D eigenvalue weighted by Gasteiger charge is 2.32. The van der Waals surface area contributed by atoms with Gasteiger partial charge in [0.05, 0.1) is 0 Å². The zero-order valence-electron chi connectivity index (χ0n) is 14.6. The third-order valence-electron chi connectivity index (χ3n) is 4.26. The van der Waals surface area contributed by atoms with Crippen LogP contribution in [0.4, 0.5) is 11.6 Å². The Balaban J connectivity index is 1.63. The van der Waals surface area contributed by atoms with E-state index in [1.54, 1.807) is 13.2 Å². The van der Waals surface area contributed by atoms with Crippen LogP contribution in [0.3, 0.4) is 0 Å². The lowest BCUT2D eigenvalue weighted by molar-refractivity contribution is 0.326. The molecule has 9 nitrogen and oxygen atoms in total. The van der Waals surface area contributed by atoms with Gasteiger partial charge in [-0.05, 0) is 12.8 Å². The molecule has 0 atom stereocenters. The van der Waals surface area contributed by atoms with Crippen molar-refractivity contribution in [3.05, 3.63) is 24.8 Å². The van der Waals surface area contributed by atoms with Gasteiger partial charge < -0.3 is 14.8 Å². The Labute approximate surface area is 147 Å². The van der Waals surface area contributed by atoms with Gasteiger partial charge in [0, 0.05) is 58.7 Å². The van der Waals surface area contributed by atoms with Crippen molar-refractivity contribution in [2.75, 3.05) is 37.4 Å². The second-order valence-corrected chi connectivity index (χ2v) is 8.13. The number of aromatic nitrogens is 4. The number of hydrogen-bond donors (Lipinski definition) is 1. The smallest absolute Gasteiger partial charge is 0.277 e. The molecule has 0 bridgehead atoms. The van der Waals surface area contributed by atoms with Crippen molar-refractivity contribution >= 4 is 21.7 Å². The predicted octanol–water partition coefficient (Wildman–Crippen LogP) is 0.541. The number of piperidine rings is 1. The summed E-state index contributed by atoms with van der Waals surface area (Å²) in [5.41, 5.74) is 0. The molecule has 0 aromatic carbocycles. The first kappa shape index (κ1) is 17.6. The predicted molar refractivity (Wildman–Crippen MR) is 95.0 cm³/mol. The van der Waals surface area contributed by atoms with Gasteiger partial charge in [0.15, 0.2) is 0 Å². The highest BCUT2D eigenvalue weighted by atomic mass is 32.2. The van der Waals surface area contributed by atoms with E-state index in [9.17, 15) is 8.42 Å². The van der Waals surface area contributed by atoms with Crippen LogP contribution >= 0.6 is 0 Å². The molecule has 0 saturated carbocycles. The topological polar surface area (TPSA) is 96.2 Å². The van der Waals surface area contributed by atoms with E-state index in [1.165, 1.54) is 21.4 Å². The highest BCUT2D eigenvalue weighted by molar-refractivity contribution is 7.89. The lowest BCUT2D eigenvalue weighted by Gasteiger charge is -2.31. The van der Waals surface area contributed by atoms with E-state index in [0.29, 0.717) is 25.9 Å². The maximum atomic E-state index is 12.6. The van der Waals surface area contributed by atoms with Crippen molar-refractivity contribution in [2.24, 2.45) is 7.05 Å². The van der Waals surface area contributed by atoms with Gasteiger partial charge in [-0.3, -0.25) is 0 Å². The van der Waals surface area contributed by atoms with Gasteiger partial charge >= 0.3 is 0 Å². The normalized spacial score (nSPS) is 16.8. The van der Waals surface area contributed by atoms with Gasteiger partial charge in [0.2, 0.25) is 5.16 Å². The van der Waals surface area contributed by atoms with Crippen LogP contribution in [0.25, 0.3) is 0 Å². The molecule has 10 heteroatoms. The van der Waals surface area contributed by atoms with Gasteiger partial charge in [0.25, 0.3) is 10.0 Å². The monoisotopic (exact) mass is 365 g/mol. The zero-order chi connectivity index (χ0) is 18.0. The Bertz CT molecular complexity index is 826. The van der Waals surface area contributed by atoms with Gasteiger partial charge in [-0.1, -0.05) is 0 Å². The number of sulfonamides is 1. The fourth-order valence-electron chi connectivity index (χ4n) is 2.84. The fraction of sp³-hybridized carbons (Fsp3) is 0.533. The maximum absolute atomic E-state index is 12.6. The third kappa shape index (κ3) is 3.74. The Kier molecular flexibility index (Phi) is 4.91. The Morgan fingerprint density at radius 1 is 1.20 bits per heavy atom. The third-order valence-corrected chi connectivity index (χ3v) is 6.16. The summed E-state index contributed by atoms with van der Waals surface area (Å²) in [6.07, 6.45) is 6.09. The van der Waals surface area contributed by atoms with E-state index in [2.05, 4.69) is 20.3 Å². The van der Waals surface area contributed by atoms with Crippen LogP contribution in [-0.4, -0.2) is 65.5 Å². The van der Waals surface area contributed by atoms with Crippen molar-refractivity contribution in [3.8, 4) is 0 Å². The van der Waals surface area contributed by atoms with E-state index < -0.39 is 10.0 Å². The quantitative estimate of drug-likeness (QED) is 0.826. The van der Waals surface area contributed by atoms with Crippen molar-refractivity contribution in [3.63, 3.8) is 0 Å². The molecule has 1 aliphatic rings. The molecule has 2 aromatic heterocycles. The first-order chi connectivity index (χ1) is 11.9. The standard InChI is InChI=1S/C15H23N7O2S/c1-20(2)14-10-13(17-11-18-14)19-12-4-7-22(8-5-12)25(23,24)15-16-6-9-21(15)3/h6,9-12H,4-5,7-8H2,1-3H3,(H,17,18,19). The zero-order valence-corrected chi connectivity index (χ0v) is 15.4. The molecule has 1 fully saturated rings. The molecule has 25 heavy (non-hydrogen) atoms. The van der Waals surface area contributed by atoms with Crippen molar-refractivity contribution in [2.45, 2.75) is 24.0 Å². The average molecular weight is 365 g/mol. The minimum absolute atomic E-state index is 0.0883. The van der Waals surface area contributed by atoms with Crippen molar-refractivity contribution < 1.29 is 8.42 Å². The molecule has 0 radical (unpaired) electrons. The van der Waals surface area contributed by atoms with Gasteiger partial charge in [-0.25, -0.2) is 23.4 Å². The number of nitrogens with one attached hydrogen (secondary N) is 1. The van der Waals surface area contributed by atoms with Crippen LogP contribution in [-0.2, 0) is 17.1 Å². The molecular formula is C15H23N7O2S. The second kappa shape index (κ2) is 6.96. The van der Waals surface area contributed by atoms with Crippen molar-refractivity contribution in [1.82, 2.24) is 23.8 Å². The number of anilines is 2. The summed E-state index contributed by atoms with van der Waals surface area (Å²) in [6, 6.07) is 2.06. The van der Waals surface area contributed by atoms with E-state index in [1.807, 2.05) is 25.1 Å². The summed E-state index contributed by atoms with van der Waals surface area (Å²) < 4.78 is 28.3. The second-order valence-electron chi connectivity index (χ2n) is 6.30. The van der Waals surface area contributed by atoms with Crippen molar-refractivity contribution in [1.29, 1.82) is 0 Å². The van der Waals surface area contributed by atoms with Gasteiger partial charge in [-0.2, -0.15) is 4.31 Å². The van der Waals surface area contributed by atoms with E-state index in [4.69, 9.17) is 0 Å². The molecule has 136 valence electrons. The Hall–Kier alpha value is -2.20. The van der Waals surface area contributed by atoms with Crippen LogP contribution in [0.5, 0.6) is 0 Å². The van der Waals surface area contributed by atoms with Gasteiger partial charge in [-0.15, -0.1) is 0 Å². The summed E-state index contributed by atoms with van der Waals surface area (Å²) in [6.45, 7) is 0.914. The largest absolute Gasteiger partial charge is 0.367 e. The molecule has 3 rings (SSSR count). The minimum atomic E-state index is -3.54. The molecule has 1 aliphatic heterocycles. The van der Waals surface area contributed by atoms with E-state index in [0.717, 1.165) is 11.6 Å². The summed E-state index contributed by atoms with van der Waals surface area (Å²) in [4.78, 5) is 14.3. The Morgan fingerprint density at radius 3 is 2.52 bits per heavy atom. The molecule has 2 aromatic rings. The lowest BCUT2D eigenvalue weighted by Crippen LogP contribution is -2.43. The van der Waals surface area contributed by atoms with Crippen LogP contribution in [0.15, 0.2) is 29.9 Å². The molecule has 0 unspecified atom stereocenters. The molecule has 0 spiro atoms. The number of rotatable bonds is 5. The van der Waals surface area contributed by atoms with Crippen LogP contribution in [0.2, 0.25) is 0 Å². The minimum Gasteiger partial charge on any atom is -0.367 e. The number of imidazole rings is 1. The molecule has 0 amide bonds. The first-order valence-corrected chi connectivity index (χ1v) is 9.55. The Morgan fingerprint density at radius 2 is 1.92 bits per heavy atom. The van der Waals surface area contributed by atoms with Crippen LogP contribution < -0.4 is 10.2 Å². The summed E-state index contributed by atoms with van der Waals surface area (Å²) in [5, 5.41) is 3.46. The van der Waals surface area contributed by atoms with Crippen LogP contribution in [0.1, 0.15) is 12.8 Å². The molecule has 1 N–H and O–H groups in total.